The van der Waals surface area contributed by atoms with Gasteiger partial charge in [-0.3, -0.25) is 0 Å². The fourth-order valence-electron chi connectivity index (χ4n) is 2.96. The summed E-state index contributed by atoms with van der Waals surface area (Å²) in [6.45, 7) is 2.94. The first kappa shape index (κ1) is 17.2. The first-order valence-corrected chi connectivity index (χ1v) is 10.6. The molecule has 0 unspecified atom stereocenters. The number of aromatic nitrogens is 1. The van der Waals surface area contributed by atoms with Crippen molar-refractivity contribution in [2.75, 3.05) is 6.26 Å². The highest BCUT2D eigenvalue weighted by Crippen LogP contribution is 2.25. The van der Waals surface area contributed by atoms with Crippen LogP contribution in [-0.4, -0.2) is 19.2 Å². The predicted octanol–water partition coefficient (Wildman–Crippen LogP) is 4.81. The Hall–Kier alpha value is -1.59. The maximum atomic E-state index is 11.8. The minimum absolute atomic E-state index is 0.374. The highest BCUT2D eigenvalue weighted by atomic mass is 79.9. The zero-order valence-electron chi connectivity index (χ0n) is 13.8. The van der Waals surface area contributed by atoms with Crippen molar-refractivity contribution in [3.8, 4) is 0 Å². The van der Waals surface area contributed by atoms with Gasteiger partial charge in [0.15, 0.2) is 9.84 Å². The van der Waals surface area contributed by atoms with Crippen molar-refractivity contribution in [1.82, 2.24) is 4.57 Å². The van der Waals surface area contributed by atoms with E-state index in [1.54, 1.807) is 12.1 Å². The first-order chi connectivity index (χ1) is 11.4. The number of fused-ring (bicyclic) bond motifs is 1. The summed E-state index contributed by atoms with van der Waals surface area (Å²) in [7, 11) is -3.19. The monoisotopic (exact) mass is 405 g/mol. The lowest BCUT2D eigenvalue weighted by Crippen LogP contribution is -2.04. The van der Waals surface area contributed by atoms with Gasteiger partial charge >= 0.3 is 0 Å². The first-order valence-electron chi connectivity index (χ1n) is 7.95. The van der Waals surface area contributed by atoms with Crippen molar-refractivity contribution < 1.29 is 8.42 Å². The summed E-state index contributed by atoms with van der Waals surface area (Å²) in [6, 6.07) is 15.8. The van der Waals surface area contributed by atoms with Gasteiger partial charge in [-0.25, -0.2) is 8.42 Å². The molecule has 24 heavy (non-hydrogen) atoms. The van der Waals surface area contributed by atoms with Crippen LogP contribution in [0.4, 0.5) is 0 Å². The van der Waals surface area contributed by atoms with Crippen molar-refractivity contribution in [3.63, 3.8) is 0 Å². The van der Waals surface area contributed by atoms with E-state index >= 15 is 0 Å². The molecule has 1 aromatic heterocycles. The van der Waals surface area contributed by atoms with E-state index in [0.29, 0.717) is 4.90 Å². The van der Waals surface area contributed by atoms with Crippen molar-refractivity contribution in [2.45, 2.75) is 31.2 Å². The number of hydrogen-bond donors (Lipinski definition) is 0. The number of benzene rings is 2. The maximum absolute atomic E-state index is 11.8. The molecule has 0 N–H and O–H groups in total. The molecule has 0 saturated carbocycles. The zero-order valence-corrected chi connectivity index (χ0v) is 16.2. The number of nitrogens with zero attached hydrogens (tertiary/aromatic N) is 1. The lowest BCUT2D eigenvalue weighted by Gasteiger charge is -2.11. The van der Waals surface area contributed by atoms with Crippen LogP contribution in [0.25, 0.3) is 10.9 Å². The second-order valence-corrected chi connectivity index (χ2v) is 9.02. The van der Waals surface area contributed by atoms with Gasteiger partial charge in [-0.05, 0) is 48.4 Å². The molecule has 3 aromatic rings. The van der Waals surface area contributed by atoms with Gasteiger partial charge in [0.1, 0.15) is 0 Å². The number of aryl methyl sites for hydroxylation is 1. The second kappa shape index (κ2) is 6.73. The average Bonchev–Trinajstić information content (AvgIpc) is 2.86. The van der Waals surface area contributed by atoms with Crippen LogP contribution in [0.15, 0.2) is 57.9 Å². The van der Waals surface area contributed by atoms with Crippen molar-refractivity contribution in [2.24, 2.45) is 0 Å². The van der Waals surface area contributed by atoms with Gasteiger partial charge in [-0.1, -0.05) is 41.4 Å². The van der Waals surface area contributed by atoms with Crippen LogP contribution >= 0.6 is 15.9 Å². The Morgan fingerprint density at radius 3 is 2.38 bits per heavy atom. The Balaban J connectivity index is 2.10. The van der Waals surface area contributed by atoms with Crippen molar-refractivity contribution in [1.29, 1.82) is 0 Å². The molecule has 3 rings (SSSR count). The summed E-state index contributed by atoms with van der Waals surface area (Å²) >= 11 is 3.47. The largest absolute Gasteiger partial charge is 0.340 e. The summed E-state index contributed by atoms with van der Waals surface area (Å²) in [5, 5.41) is 0.985. The molecular formula is C19H20BrNO2S. The van der Waals surface area contributed by atoms with Crippen LogP contribution in [0.5, 0.6) is 0 Å². The standard InChI is InChI=1S/C19H20BrNO2S/c1-3-4-17-11-15-12-18(24(2,22)23)9-10-19(15)21(17)13-14-5-7-16(20)8-6-14/h5-12H,3-4,13H2,1-2H3. The average molecular weight is 406 g/mol. The summed E-state index contributed by atoms with van der Waals surface area (Å²) in [4.78, 5) is 0.374. The Labute approximate surface area is 151 Å². The third kappa shape index (κ3) is 3.57. The van der Waals surface area contributed by atoms with Gasteiger partial charge in [0.05, 0.1) is 4.90 Å². The molecule has 0 saturated heterocycles. The zero-order chi connectivity index (χ0) is 17.3. The number of hydrogen-bond acceptors (Lipinski definition) is 2. The quantitative estimate of drug-likeness (QED) is 0.610. The van der Waals surface area contributed by atoms with E-state index in [4.69, 9.17) is 0 Å². The molecule has 0 aliphatic carbocycles. The van der Waals surface area contributed by atoms with Crippen LogP contribution < -0.4 is 0 Å². The van der Waals surface area contributed by atoms with Crippen LogP contribution in [0.3, 0.4) is 0 Å². The highest BCUT2D eigenvalue weighted by Gasteiger charge is 2.13. The molecule has 0 atom stereocenters. The fraction of sp³-hybridized carbons (Fsp3) is 0.263. The van der Waals surface area contributed by atoms with E-state index < -0.39 is 9.84 Å². The molecular weight excluding hydrogens is 386 g/mol. The maximum Gasteiger partial charge on any atom is 0.175 e. The van der Waals surface area contributed by atoms with E-state index in [2.05, 4.69) is 45.6 Å². The van der Waals surface area contributed by atoms with E-state index in [-0.39, 0.29) is 0 Å². The molecule has 2 aromatic carbocycles. The second-order valence-electron chi connectivity index (χ2n) is 6.09. The van der Waals surface area contributed by atoms with Gasteiger partial charge < -0.3 is 4.57 Å². The number of sulfone groups is 1. The summed E-state index contributed by atoms with van der Waals surface area (Å²) in [6.07, 6.45) is 3.27. The van der Waals surface area contributed by atoms with E-state index in [9.17, 15) is 8.42 Å². The summed E-state index contributed by atoms with van der Waals surface area (Å²) < 4.78 is 27.0. The van der Waals surface area contributed by atoms with E-state index in [1.165, 1.54) is 17.5 Å². The molecule has 0 amide bonds. The molecule has 0 aliphatic heterocycles. The minimum Gasteiger partial charge on any atom is -0.340 e. The SMILES string of the molecule is CCCc1cc2cc(S(C)(=O)=O)ccc2n1Cc1ccc(Br)cc1. The smallest absolute Gasteiger partial charge is 0.175 e. The van der Waals surface area contributed by atoms with Gasteiger partial charge in [0, 0.05) is 33.9 Å². The number of halogens is 1. The van der Waals surface area contributed by atoms with E-state index in [1.807, 2.05) is 18.2 Å². The van der Waals surface area contributed by atoms with E-state index in [0.717, 1.165) is 34.8 Å². The van der Waals surface area contributed by atoms with Crippen LogP contribution in [0.2, 0.25) is 0 Å². The molecule has 0 aliphatic rings. The topological polar surface area (TPSA) is 39.1 Å². The molecule has 3 nitrogen and oxygen atoms in total. The third-order valence-corrected chi connectivity index (χ3v) is 5.79. The molecule has 0 spiro atoms. The molecule has 0 bridgehead atoms. The summed E-state index contributed by atoms with van der Waals surface area (Å²) in [5.74, 6) is 0. The minimum atomic E-state index is -3.19. The molecule has 5 heteroatoms. The van der Waals surface area contributed by atoms with Crippen LogP contribution in [-0.2, 0) is 22.8 Å². The van der Waals surface area contributed by atoms with Gasteiger partial charge in [0.25, 0.3) is 0 Å². The Bertz CT molecular complexity index is 973. The molecule has 1 heterocycles. The number of rotatable bonds is 5. The van der Waals surface area contributed by atoms with Crippen molar-refractivity contribution in [3.05, 3.63) is 64.3 Å². The van der Waals surface area contributed by atoms with Crippen molar-refractivity contribution >= 4 is 36.7 Å². The normalized spacial score (nSPS) is 12.0. The fourth-order valence-corrected chi connectivity index (χ4v) is 3.88. The highest BCUT2D eigenvalue weighted by molar-refractivity contribution is 9.10. The molecule has 0 radical (unpaired) electrons. The summed E-state index contributed by atoms with van der Waals surface area (Å²) in [5.41, 5.74) is 3.54. The van der Waals surface area contributed by atoms with Gasteiger partial charge in [0.2, 0.25) is 0 Å². The Kier molecular flexibility index (Phi) is 4.83. The molecule has 126 valence electrons. The Morgan fingerprint density at radius 2 is 1.75 bits per heavy atom. The van der Waals surface area contributed by atoms with Crippen LogP contribution in [0, 0.1) is 0 Å². The van der Waals surface area contributed by atoms with Gasteiger partial charge in [-0.2, -0.15) is 0 Å². The van der Waals surface area contributed by atoms with Crippen LogP contribution in [0.1, 0.15) is 24.6 Å². The predicted molar refractivity (Wildman–Crippen MR) is 102 cm³/mol. The molecule has 0 fully saturated rings. The lowest BCUT2D eigenvalue weighted by atomic mass is 10.2. The van der Waals surface area contributed by atoms with Gasteiger partial charge in [-0.15, -0.1) is 0 Å². The third-order valence-electron chi connectivity index (χ3n) is 4.15. The Morgan fingerprint density at radius 1 is 1.04 bits per heavy atom. The lowest BCUT2D eigenvalue weighted by molar-refractivity contribution is 0.602.